The minimum Gasteiger partial charge on any atom is -0.464 e. The van der Waals surface area contributed by atoms with Gasteiger partial charge in [0.1, 0.15) is 17.3 Å². The van der Waals surface area contributed by atoms with Crippen LogP contribution in [0.4, 0.5) is 4.39 Å². The predicted molar refractivity (Wildman–Crippen MR) is 76.7 cm³/mol. The van der Waals surface area contributed by atoms with Crippen LogP contribution in [0.5, 0.6) is 0 Å². The van der Waals surface area contributed by atoms with Crippen molar-refractivity contribution in [1.82, 2.24) is 10.3 Å². The van der Waals surface area contributed by atoms with Crippen LogP contribution in [0.2, 0.25) is 0 Å². The molecule has 2 rings (SSSR count). The van der Waals surface area contributed by atoms with E-state index >= 15 is 0 Å². The van der Waals surface area contributed by atoms with Crippen LogP contribution in [0.1, 0.15) is 27.4 Å². The summed E-state index contributed by atoms with van der Waals surface area (Å²) in [5, 5.41) is 0. The van der Waals surface area contributed by atoms with Crippen LogP contribution in [-0.2, 0) is 13.1 Å². The molecule has 0 bridgehead atoms. The molecule has 0 saturated heterocycles. The Morgan fingerprint density at radius 2 is 2.14 bits per heavy atom. The van der Waals surface area contributed by atoms with E-state index in [0.717, 1.165) is 5.56 Å². The number of hydrazine groups is 1. The Hall–Kier alpha value is -2.18. The van der Waals surface area contributed by atoms with E-state index in [-0.39, 0.29) is 11.7 Å². The van der Waals surface area contributed by atoms with Crippen molar-refractivity contribution in [3.63, 3.8) is 0 Å². The smallest absolute Gasteiger partial charge is 0.268 e. The number of carbonyl (C=O) groups is 1. The average molecular weight is 291 g/mol. The molecule has 2 aromatic rings. The van der Waals surface area contributed by atoms with Gasteiger partial charge in [0.15, 0.2) is 0 Å². The molecule has 0 unspecified atom stereocenters. The molecule has 1 aromatic carbocycles. The molecule has 112 valence electrons. The molecule has 6 heteroatoms. The highest BCUT2D eigenvalue weighted by Gasteiger charge is 2.15. The summed E-state index contributed by atoms with van der Waals surface area (Å²) in [5.74, 6) is 5.66. The number of benzene rings is 1. The normalized spacial score (nSPS) is 10.9. The summed E-state index contributed by atoms with van der Waals surface area (Å²) in [4.78, 5) is 13.5. The Kier molecular flexibility index (Phi) is 4.72. The molecule has 21 heavy (non-hydrogen) atoms. The second kappa shape index (κ2) is 6.51. The van der Waals surface area contributed by atoms with Gasteiger partial charge in [0.25, 0.3) is 5.91 Å². The summed E-state index contributed by atoms with van der Waals surface area (Å²) in [6, 6.07) is 8.12. The average Bonchev–Trinajstić information content (AvgIpc) is 2.78. The van der Waals surface area contributed by atoms with Gasteiger partial charge in [-0.2, -0.15) is 0 Å². The van der Waals surface area contributed by atoms with Crippen LogP contribution in [0.15, 0.2) is 34.7 Å². The van der Waals surface area contributed by atoms with E-state index in [2.05, 4.69) is 5.43 Å². The maximum Gasteiger partial charge on any atom is 0.268 e. The van der Waals surface area contributed by atoms with Gasteiger partial charge in [0, 0.05) is 6.54 Å². The minimum atomic E-state index is -0.379. The van der Waals surface area contributed by atoms with Gasteiger partial charge in [-0.05, 0) is 37.7 Å². The van der Waals surface area contributed by atoms with Gasteiger partial charge < -0.3 is 4.42 Å². The first-order valence-corrected chi connectivity index (χ1v) is 6.53. The van der Waals surface area contributed by atoms with Crippen molar-refractivity contribution in [2.45, 2.75) is 20.0 Å². The summed E-state index contributed by atoms with van der Waals surface area (Å²) < 4.78 is 18.7. The molecule has 3 N–H and O–H groups in total. The quantitative estimate of drug-likeness (QED) is 0.502. The van der Waals surface area contributed by atoms with E-state index in [1.807, 2.05) is 18.0 Å². The summed E-state index contributed by atoms with van der Waals surface area (Å²) in [6.45, 7) is 2.80. The van der Waals surface area contributed by atoms with E-state index < -0.39 is 0 Å². The number of carbonyl (C=O) groups excluding carboxylic acids is 1. The highest BCUT2D eigenvalue weighted by atomic mass is 19.1. The summed E-state index contributed by atoms with van der Waals surface area (Å²) in [6.07, 6.45) is 0. The number of rotatable bonds is 5. The van der Waals surface area contributed by atoms with Crippen LogP contribution in [0.3, 0.4) is 0 Å². The molecule has 0 radical (unpaired) electrons. The molecule has 1 heterocycles. The Bertz CT molecular complexity index is 640. The second-order valence-electron chi connectivity index (χ2n) is 4.96. The van der Waals surface area contributed by atoms with Crippen LogP contribution < -0.4 is 11.3 Å². The Morgan fingerprint density at radius 1 is 1.38 bits per heavy atom. The largest absolute Gasteiger partial charge is 0.464 e. The summed E-state index contributed by atoms with van der Waals surface area (Å²) in [5.41, 5.74) is 3.38. The van der Waals surface area contributed by atoms with E-state index in [1.165, 1.54) is 12.1 Å². The van der Waals surface area contributed by atoms with Crippen LogP contribution in [0, 0.1) is 12.7 Å². The number of nitrogens with zero attached hydrogens (tertiary/aromatic N) is 1. The van der Waals surface area contributed by atoms with Gasteiger partial charge in [-0.25, -0.2) is 10.2 Å². The van der Waals surface area contributed by atoms with Gasteiger partial charge in [-0.15, -0.1) is 0 Å². The molecule has 0 aliphatic carbocycles. The van der Waals surface area contributed by atoms with Gasteiger partial charge in [-0.3, -0.25) is 15.1 Å². The fourth-order valence-corrected chi connectivity index (χ4v) is 2.19. The molecule has 0 atom stereocenters. The minimum absolute atomic E-state index is 0.253. The standard InChI is InChI=1S/C15H18FN3O2/c1-10-14(15(20)18-17)7-13(21-10)9-19(2)8-11-4-3-5-12(16)6-11/h3-7H,8-9,17H2,1-2H3,(H,18,20). The molecule has 5 nitrogen and oxygen atoms in total. The monoisotopic (exact) mass is 291 g/mol. The van der Waals surface area contributed by atoms with E-state index in [9.17, 15) is 9.18 Å². The Morgan fingerprint density at radius 3 is 2.81 bits per heavy atom. The van der Waals surface area contributed by atoms with Gasteiger partial charge >= 0.3 is 0 Å². The predicted octanol–water partition coefficient (Wildman–Crippen LogP) is 1.96. The zero-order valence-corrected chi connectivity index (χ0v) is 12.0. The topological polar surface area (TPSA) is 71.5 Å². The molecule has 0 spiro atoms. The van der Waals surface area contributed by atoms with Crippen molar-refractivity contribution >= 4 is 5.91 Å². The number of aryl methyl sites for hydroxylation is 1. The van der Waals surface area contributed by atoms with Crippen LogP contribution >= 0.6 is 0 Å². The number of halogens is 1. The highest BCUT2D eigenvalue weighted by molar-refractivity contribution is 5.94. The first-order chi connectivity index (χ1) is 9.99. The highest BCUT2D eigenvalue weighted by Crippen LogP contribution is 2.17. The number of nitrogens with two attached hydrogens (primary N) is 1. The lowest BCUT2D eigenvalue weighted by Gasteiger charge is -2.15. The number of hydrogen-bond acceptors (Lipinski definition) is 4. The maximum atomic E-state index is 13.1. The number of amides is 1. The Labute approximate surface area is 122 Å². The first-order valence-electron chi connectivity index (χ1n) is 6.53. The van der Waals surface area contributed by atoms with E-state index in [4.69, 9.17) is 10.3 Å². The lowest BCUT2D eigenvalue weighted by atomic mass is 10.2. The molecular weight excluding hydrogens is 273 g/mol. The van der Waals surface area contributed by atoms with Crippen molar-refractivity contribution < 1.29 is 13.6 Å². The Balaban J connectivity index is 2.03. The van der Waals surface area contributed by atoms with Crippen LogP contribution in [-0.4, -0.2) is 17.9 Å². The van der Waals surface area contributed by atoms with Gasteiger partial charge in [0.2, 0.25) is 0 Å². The number of nitrogens with one attached hydrogen (secondary N) is 1. The van der Waals surface area contributed by atoms with Crippen molar-refractivity contribution in [3.8, 4) is 0 Å². The molecule has 0 fully saturated rings. The molecule has 0 aliphatic heterocycles. The molecule has 0 aliphatic rings. The lowest BCUT2D eigenvalue weighted by Crippen LogP contribution is -2.30. The SMILES string of the molecule is Cc1oc(CN(C)Cc2cccc(F)c2)cc1C(=O)NN. The van der Waals surface area contributed by atoms with E-state index in [1.54, 1.807) is 19.1 Å². The maximum absolute atomic E-state index is 13.1. The molecule has 1 amide bonds. The lowest BCUT2D eigenvalue weighted by molar-refractivity contribution is 0.0952. The van der Waals surface area contributed by atoms with Crippen molar-refractivity contribution in [2.24, 2.45) is 5.84 Å². The number of furan rings is 1. The second-order valence-corrected chi connectivity index (χ2v) is 4.96. The van der Waals surface area contributed by atoms with Gasteiger partial charge in [-0.1, -0.05) is 12.1 Å². The first kappa shape index (κ1) is 15.2. The number of nitrogen functional groups attached to an aromatic ring is 1. The molecule has 0 saturated carbocycles. The van der Waals surface area contributed by atoms with Crippen LogP contribution in [0.25, 0.3) is 0 Å². The van der Waals surface area contributed by atoms with E-state index in [0.29, 0.717) is 30.2 Å². The van der Waals surface area contributed by atoms with Crippen molar-refractivity contribution in [2.75, 3.05) is 7.05 Å². The number of hydrogen-bond donors (Lipinski definition) is 2. The third-order valence-corrected chi connectivity index (χ3v) is 3.11. The fourth-order valence-electron chi connectivity index (χ4n) is 2.19. The fraction of sp³-hybridized carbons (Fsp3) is 0.267. The summed E-state index contributed by atoms with van der Waals surface area (Å²) in [7, 11) is 1.89. The molecular formula is C15H18FN3O2. The molecule has 1 aromatic heterocycles. The third-order valence-electron chi connectivity index (χ3n) is 3.11. The zero-order valence-electron chi connectivity index (χ0n) is 12.0. The van der Waals surface area contributed by atoms with Gasteiger partial charge in [0.05, 0.1) is 12.1 Å². The van der Waals surface area contributed by atoms with Crippen molar-refractivity contribution in [3.05, 3.63) is 58.8 Å². The van der Waals surface area contributed by atoms with Crippen molar-refractivity contribution in [1.29, 1.82) is 0 Å². The summed E-state index contributed by atoms with van der Waals surface area (Å²) >= 11 is 0. The third kappa shape index (κ3) is 3.90. The zero-order chi connectivity index (χ0) is 15.4.